The van der Waals surface area contributed by atoms with E-state index in [2.05, 4.69) is 25.1 Å². The fourth-order valence-electron chi connectivity index (χ4n) is 1.90. The van der Waals surface area contributed by atoms with Gasteiger partial charge in [-0.3, -0.25) is 0 Å². The van der Waals surface area contributed by atoms with Crippen molar-refractivity contribution in [1.29, 1.82) is 0 Å². The Bertz CT molecular complexity index is 322. The summed E-state index contributed by atoms with van der Waals surface area (Å²) in [5, 5.41) is 0. The Morgan fingerprint density at radius 3 is 3.00 bits per heavy atom. The molecule has 0 saturated heterocycles. The summed E-state index contributed by atoms with van der Waals surface area (Å²) in [5.74, 6) is 0. The third-order valence-corrected chi connectivity index (χ3v) is 2.76. The molecule has 1 aromatic rings. The molecule has 0 spiro atoms. The van der Waals surface area contributed by atoms with E-state index in [1.807, 2.05) is 6.92 Å². The normalized spacial score (nSPS) is 27.0. The largest absolute Gasteiger partial charge is 0.372 e. The van der Waals surface area contributed by atoms with Crippen molar-refractivity contribution in [3.05, 3.63) is 34.9 Å². The second-order valence-electron chi connectivity index (χ2n) is 3.69. The average molecular weight is 177 g/mol. The van der Waals surface area contributed by atoms with E-state index >= 15 is 0 Å². The molecule has 1 aromatic carbocycles. The van der Waals surface area contributed by atoms with Gasteiger partial charge in [0.05, 0.1) is 18.8 Å². The maximum Gasteiger partial charge on any atom is 0.0744 e. The van der Waals surface area contributed by atoms with Gasteiger partial charge in [-0.15, -0.1) is 0 Å². The van der Waals surface area contributed by atoms with Gasteiger partial charge < -0.3 is 10.5 Å². The van der Waals surface area contributed by atoms with Crippen LogP contribution >= 0.6 is 0 Å². The second-order valence-corrected chi connectivity index (χ2v) is 3.69. The minimum absolute atomic E-state index is 0.0324. The molecular weight excluding hydrogens is 162 g/mol. The highest BCUT2D eigenvalue weighted by Gasteiger charge is 2.24. The molecule has 2 rings (SSSR count). The number of benzene rings is 1. The lowest BCUT2D eigenvalue weighted by molar-refractivity contribution is 0.0211. The highest BCUT2D eigenvalue weighted by atomic mass is 16.5. The van der Waals surface area contributed by atoms with Crippen LogP contribution in [0.15, 0.2) is 18.2 Å². The molecule has 2 nitrogen and oxygen atoms in total. The van der Waals surface area contributed by atoms with Crippen molar-refractivity contribution >= 4 is 0 Å². The fourth-order valence-corrected chi connectivity index (χ4v) is 1.90. The van der Waals surface area contributed by atoms with Gasteiger partial charge in [-0.05, 0) is 30.5 Å². The Morgan fingerprint density at radius 2 is 2.23 bits per heavy atom. The van der Waals surface area contributed by atoms with Crippen molar-refractivity contribution < 1.29 is 4.74 Å². The van der Waals surface area contributed by atoms with Crippen LogP contribution in [0.3, 0.4) is 0 Å². The van der Waals surface area contributed by atoms with Crippen molar-refractivity contribution in [2.75, 3.05) is 0 Å². The first-order valence-electron chi connectivity index (χ1n) is 4.65. The number of aryl methyl sites for hydroxylation is 1. The fraction of sp³-hybridized carbons (Fsp3) is 0.455. The molecular formula is C11H15NO. The van der Waals surface area contributed by atoms with Gasteiger partial charge in [-0.25, -0.2) is 0 Å². The van der Waals surface area contributed by atoms with E-state index in [9.17, 15) is 0 Å². The molecule has 70 valence electrons. The van der Waals surface area contributed by atoms with Crippen LogP contribution in [0.2, 0.25) is 0 Å². The topological polar surface area (TPSA) is 35.2 Å². The van der Waals surface area contributed by atoms with E-state index < -0.39 is 0 Å². The van der Waals surface area contributed by atoms with Crippen LogP contribution in [-0.4, -0.2) is 6.10 Å². The Hall–Kier alpha value is -0.860. The number of hydrogen-bond acceptors (Lipinski definition) is 2. The quantitative estimate of drug-likeness (QED) is 0.657. The summed E-state index contributed by atoms with van der Waals surface area (Å²) in [4.78, 5) is 0. The first kappa shape index (κ1) is 8.73. The zero-order chi connectivity index (χ0) is 9.42. The maximum absolute atomic E-state index is 6.07. The van der Waals surface area contributed by atoms with Crippen LogP contribution < -0.4 is 5.73 Å². The Labute approximate surface area is 78.7 Å². The molecule has 0 amide bonds. The lowest BCUT2D eigenvalue weighted by Gasteiger charge is -2.30. The van der Waals surface area contributed by atoms with Crippen LogP contribution in [0.5, 0.6) is 0 Å². The van der Waals surface area contributed by atoms with Crippen molar-refractivity contribution in [3.8, 4) is 0 Å². The van der Waals surface area contributed by atoms with Gasteiger partial charge in [0.1, 0.15) is 0 Å². The lowest BCUT2D eigenvalue weighted by atomic mass is 9.91. The van der Waals surface area contributed by atoms with Gasteiger partial charge in [-0.1, -0.05) is 18.2 Å². The van der Waals surface area contributed by atoms with Gasteiger partial charge in [0, 0.05) is 0 Å². The van der Waals surface area contributed by atoms with Gasteiger partial charge in [0.25, 0.3) is 0 Å². The molecule has 0 unspecified atom stereocenters. The minimum Gasteiger partial charge on any atom is -0.372 e. The minimum atomic E-state index is 0.0324. The standard InChI is InChI=1S/C11H15NO/c1-7-4-3-5-9-6-13-8(2)11(12)10(7)9/h3-5,8,11H,6,12H2,1-2H3/t8-,11+/m1/s1. The molecule has 0 aromatic heterocycles. The van der Waals surface area contributed by atoms with Crippen LogP contribution in [-0.2, 0) is 11.3 Å². The van der Waals surface area contributed by atoms with E-state index in [-0.39, 0.29) is 12.1 Å². The number of fused-ring (bicyclic) bond motifs is 1. The summed E-state index contributed by atoms with van der Waals surface area (Å²) < 4.78 is 5.55. The average Bonchev–Trinajstić information content (AvgIpc) is 2.12. The lowest BCUT2D eigenvalue weighted by Crippen LogP contribution is -2.32. The van der Waals surface area contributed by atoms with Crippen molar-refractivity contribution in [2.45, 2.75) is 32.6 Å². The summed E-state index contributed by atoms with van der Waals surface area (Å²) in [6.45, 7) is 4.84. The van der Waals surface area contributed by atoms with Crippen LogP contribution in [0.25, 0.3) is 0 Å². The summed E-state index contributed by atoms with van der Waals surface area (Å²) in [6.07, 6.45) is 0.133. The van der Waals surface area contributed by atoms with E-state index in [1.54, 1.807) is 0 Å². The molecule has 0 radical (unpaired) electrons. The van der Waals surface area contributed by atoms with Crippen LogP contribution in [0.1, 0.15) is 29.7 Å². The Morgan fingerprint density at radius 1 is 1.46 bits per heavy atom. The monoisotopic (exact) mass is 177 g/mol. The number of nitrogens with two attached hydrogens (primary N) is 1. The molecule has 1 aliphatic rings. The van der Waals surface area contributed by atoms with Gasteiger partial charge in [0.2, 0.25) is 0 Å². The van der Waals surface area contributed by atoms with Crippen LogP contribution in [0, 0.1) is 6.92 Å². The molecule has 1 aliphatic heterocycles. The molecule has 0 aliphatic carbocycles. The predicted octanol–water partition coefficient (Wildman–Crippen LogP) is 1.91. The second kappa shape index (κ2) is 3.13. The third-order valence-electron chi connectivity index (χ3n) is 2.76. The molecule has 0 saturated carbocycles. The van der Waals surface area contributed by atoms with E-state index in [1.165, 1.54) is 16.7 Å². The summed E-state index contributed by atoms with van der Waals surface area (Å²) in [6, 6.07) is 6.29. The Balaban J connectivity index is 2.51. The summed E-state index contributed by atoms with van der Waals surface area (Å²) in [7, 11) is 0. The molecule has 2 heteroatoms. The van der Waals surface area contributed by atoms with E-state index in [4.69, 9.17) is 10.5 Å². The maximum atomic E-state index is 6.07. The molecule has 13 heavy (non-hydrogen) atoms. The first-order valence-corrected chi connectivity index (χ1v) is 4.65. The van der Waals surface area contributed by atoms with Crippen molar-refractivity contribution in [2.24, 2.45) is 5.73 Å². The number of rotatable bonds is 0. The van der Waals surface area contributed by atoms with Crippen LogP contribution in [0.4, 0.5) is 0 Å². The first-order chi connectivity index (χ1) is 6.20. The zero-order valence-electron chi connectivity index (χ0n) is 8.08. The molecule has 0 fully saturated rings. The van der Waals surface area contributed by atoms with Gasteiger partial charge in [-0.2, -0.15) is 0 Å². The number of ether oxygens (including phenoxy) is 1. The number of hydrogen-bond donors (Lipinski definition) is 1. The SMILES string of the molecule is Cc1cccc2c1[C@@H](N)[C@@H](C)OC2. The third kappa shape index (κ3) is 1.36. The van der Waals surface area contributed by atoms with Crippen molar-refractivity contribution in [3.63, 3.8) is 0 Å². The molecule has 2 atom stereocenters. The predicted molar refractivity (Wildman–Crippen MR) is 52.4 cm³/mol. The summed E-state index contributed by atoms with van der Waals surface area (Å²) in [5.41, 5.74) is 9.86. The highest BCUT2D eigenvalue weighted by molar-refractivity contribution is 5.38. The smallest absolute Gasteiger partial charge is 0.0744 e. The van der Waals surface area contributed by atoms with E-state index in [0.29, 0.717) is 6.61 Å². The molecule has 2 N–H and O–H groups in total. The van der Waals surface area contributed by atoms with Gasteiger partial charge in [0.15, 0.2) is 0 Å². The van der Waals surface area contributed by atoms with Crippen molar-refractivity contribution in [1.82, 2.24) is 0 Å². The highest BCUT2D eigenvalue weighted by Crippen LogP contribution is 2.29. The summed E-state index contributed by atoms with van der Waals surface area (Å²) >= 11 is 0. The zero-order valence-corrected chi connectivity index (χ0v) is 8.08. The molecule has 1 heterocycles. The molecule has 0 bridgehead atoms. The Kier molecular flexibility index (Phi) is 2.10. The van der Waals surface area contributed by atoms with E-state index in [0.717, 1.165) is 0 Å². The van der Waals surface area contributed by atoms with Gasteiger partial charge >= 0.3 is 0 Å².